The van der Waals surface area contributed by atoms with E-state index in [1.807, 2.05) is 24.3 Å². The summed E-state index contributed by atoms with van der Waals surface area (Å²) in [6.07, 6.45) is 0. The smallest absolute Gasteiger partial charge is 0.0189 e. The SMILES string of the molecule is NCc1cc(Br)ccc1Sc1ccccc1. The standard InChI is InChI=1S/C13H12BrNS/c14-11-6-7-13(10(8-11)9-15)16-12-4-2-1-3-5-12/h1-8H,9,15H2. The van der Waals surface area contributed by atoms with Gasteiger partial charge < -0.3 is 5.73 Å². The van der Waals surface area contributed by atoms with Crippen LogP contribution < -0.4 is 5.73 Å². The van der Waals surface area contributed by atoms with E-state index < -0.39 is 0 Å². The Balaban J connectivity index is 2.28. The van der Waals surface area contributed by atoms with E-state index in [2.05, 4.69) is 40.2 Å². The summed E-state index contributed by atoms with van der Waals surface area (Å²) in [7, 11) is 0. The molecule has 0 aromatic heterocycles. The van der Waals surface area contributed by atoms with Gasteiger partial charge >= 0.3 is 0 Å². The molecular formula is C13H12BrNS. The molecule has 16 heavy (non-hydrogen) atoms. The Morgan fingerprint density at radius 1 is 1.06 bits per heavy atom. The maximum Gasteiger partial charge on any atom is 0.0189 e. The largest absolute Gasteiger partial charge is 0.326 e. The van der Waals surface area contributed by atoms with E-state index >= 15 is 0 Å². The normalized spacial score (nSPS) is 10.4. The molecule has 0 aliphatic heterocycles. The summed E-state index contributed by atoms with van der Waals surface area (Å²) in [5.74, 6) is 0. The van der Waals surface area contributed by atoms with Crippen molar-refractivity contribution in [3.05, 3.63) is 58.6 Å². The van der Waals surface area contributed by atoms with E-state index in [1.165, 1.54) is 15.4 Å². The Bertz CT molecular complexity index is 471. The Hall–Kier alpha value is -0.770. The van der Waals surface area contributed by atoms with Gasteiger partial charge in [-0.1, -0.05) is 45.9 Å². The molecule has 0 aliphatic rings. The van der Waals surface area contributed by atoms with Gasteiger partial charge in [-0.15, -0.1) is 0 Å². The lowest BCUT2D eigenvalue weighted by Crippen LogP contribution is -1.98. The van der Waals surface area contributed by atoms with Crippen LogP contribution in [0.3, 0.4) is 0 Å². The fraction of sp³-hybridized carbons (Fsp3) is 0.0769. The predicted molar refractivity (Wildman–Crippen MR) is 72.6 cm³/mol. The minimum absolute atomic E-state index is 0.564. The third-order valence-corrected chi connectivity index (χ3v) is 3.83. The molecule has 1 nitrogen and oxygen atoms in total. The monoisotopic (exact) mass is 293 g/mol. The van der Waals surface area contributed by atoms with Crippen LogP contribution in [0.15, 0.2) is 62.8 Å². The Labute approximate surface area is 108 Å². The van der Waals surface area contributed by atoms with E-state index in [1.54, 1.807) is 11.8 Å². The van der Waals surface area contributed by atoms with Crippen molar-refractivity contribution in [2.45, 2.75) is 16.3 Å². The summed E-state index contributed by atoms with van der Waals surface area (Å²) >= 11 is 5.20. The van der Waals surface area contributed by atoms with Gasteiger partial charge in [-0.05, 0) is 35.9 Å². The molecule has 82 valence electrons. The lowest BCUT2D eigenvalue weighted by Gasteiger charge is -2.07. The number of halogens is 1. The number of hydrogen-bond donors (Lipinski definition) is 1. The fourth-order valence-electron chi connectivity index (χ4n) is 1.42. The van der Waals surface area contributed by atoms with Crippen LogP contribution in [-0.2, 0) is 6.54 Å². The van der Waals surface area contributed by atoms with Gasteiger partial charge in [0.1, 0.15) is 0 Å². The molecule has 2 aromatic rings. The minimum atomic E-state index is 0.564. The fourth-order valence-corrected chi connectivity index (χ4v) is 2.79. The van der Waals surface area contributed by atoms with Gasteiger partial charge in [0, 0.05) is 20.8 Å². The highest BCUT2D eigenvalue weighted by atomic mass is 79.9. The zero-order chi connectivity index (χ0) is 11.4. The van der Waals surface area contributed by atoms with Crippen LogP contribution in [0.4, 0.5) is 0 Å². The lowest BCUT2D eigenvalue weighted by molar-refractivity contribution is 1.02. The van der Waals surface area contributed by atoms with Gasteiger partial charge in [-0.3, -0.25) is 0 Å². The zero-order valence-corrected chi connectivity index (χ0v) is 11.1. The topological polar surface area (TPSA) is 26.0 Å². The third-order valence-electron chi connectivity index (χ3n) is 2.21. The van der Waals surface area contributed by atoms with Crippen LogP contribution in [0, 0.1) is 0 Å². The zero-order valence-electron chi connectivity index (χ0n) is 8.69. The predicted octanol–water partition coefficient (Wildman–Crippen LogP) is 4.06. The molecule has 0 saturated carbocycles. The maximum atomic E-state index is 5.74. The molecule has 0 fully saturated rings. The molecule has 0 bridgehead atoms. The summed E-state index contributed by atoms with van der Waals surface area (Å²) in [6.45, 7) is 0.564. The van der Waals surface area contributed by atoms with E-state index in [4.69, 9.17) is 5.73 Å². The van der Waals surface area contributed by atoms with E-state index in [-0.39, 0.29) is 0 Å². The van der Waals surface area contributed by atoms with Crippen LogP contribution in [0.1, 0.15) is 5.56 Å². The molecule has 0 spiro atoms. The Morgan fingerprint density at radius 2 is 1.81 bits per heavy atom. The van der Waals surface area contributed by atoms with Crippen molar-refractivity contribution in [1.82, 2.24) is 0 Å². The van der Waals surface area contributed by atoms with Crippen LogP contribution in [0.5, 0.6) is 0 Å². The summed E-state index contributed by atoms with van der Waals surface area (Å²) in [5, 5.41) is 0. The third kappa shape index (κ3) is 2.88. The van der Waals surface area contributed by atoms with Crippen molar-refractivity contribution in [3.63, 3.8) is 0 Å². The first-order valence-electron chi connectivity index (χ1n) is 5.01. The van der Waals surface area contributed by atoms with Gasteiger partial charge in [-0.2, -0.15) is 0 Å². The van der Waals surface area contributed by atoms with Crippen LogP contribution in [-0.4, -0.2) is 0 Å². The van der Waals surface area contributed by atoms with Crippen molar-refractivity contribution in [1.29, 1.82) is 0 Å². The highest BCUT2D eigenvalue weighted by molar-refractivity contribution is 9.10. The van der Waals surface area contributed by atoms with Crippen LogP contribution in [0.2, 0.25) is 0 Å². The second kappa shape index (κ2) is 5.53. The number of nitrogens with two attached hydrogens (primary N) is 1. The van der Waals surface area contributed by atoms with Crippen molar-refractivity contribution >= 4 is 27.7 Å². The molecule has 0 heterocycles. The first-order valence-corrected chi connectivity index (χ1v) is 6.62. The average molecular weight is 294 g/mol. The number of benzene rings is 2. The molecule has 0 radical (unpaired) electrons. The van der Waals surface area contributed by atoms with Crippen molar-refractivity contribution in [2.24, 2.45) is 5.73 Å². The van der Waals surface area contributed by atoms with E-state index in [0.717, 1.165) is 4.47 Å². The molecule has 2 rings (SSSR count). The van der Waals surface area contributed by atoms with Crippen LogP contribution in [0.25, 0.3) is 0 Å². The quantitative estimate of drug-likeness (QED) is 0.924. The van der Waals surface area contributed by atoms with Crippen molar-refractivity contribution < 1.29 is 0 Å². The first kappa shape index (κ1) is 11.7. The Kier molecular flexibility index (Phi) is 4.04. The first-order chi connectivity index (χ1) is 7.79. The van der Waals surface area contributed by atoms with Gasteiger partial charge in [0.2, 0.25) is 0 Å². The molecule has 0 aliphatic carbocycles. The molecule has 2 N–H and O–H groups in total. The van der Waals surface area contributed by atoms with Gasteiger partial charge in [-0.25, -0.2) is 0 Å². The van der Waals surface area contributed by atoms with Crippen molar-refractivity contribution in [2.75, 3.05) is 0 Å². The summed E-state index contributed by atoms with van der Waals surface area (Å²) in [5.41, 5.74) is 6.91. The molecule has 0 amide bonds. The molecule has 3 heteroatoms. The lowest BCUT2D eigenvalue weighted by atomic mass is 10.2. The van der Waals surface area contributed by atoms with E-state index in [0.29, 0.717) is 6.54 Å². The number of rotatable bonds is 3. The van der Waals surface area contributed by atoms with Gasteiger partial charge in [0.05, 0.1) is 0 Å². The average Bonchev–Trinajstić information content (AvgIpc) is 2.33. The molecule has 0 atom stereocenters. The Morgan fingerprint density at radius 3 is 2.50 bits per heavy atom. The molecule has 0 unspecified atom stereocenters. The molecular weight excluding hydrogens is 282 g/mol. The maximum absolute atomic E-state index is 5.74. The highest BCUT2D eigenvalue weighted by Gasteiger charge is 2.03. The molecule has 2 aromatic carbocycles. The second-order valence-electron chi connectivity index (χ2n) is 3.37. The number of hydrogen-bond acceptors (Lipinski definition) is 2. The van der Waals surface area contributed by atoms with Gasteiger partial charge in [0.15, 0.2) is 0 Å². The van der Waals surface area contributed by atoms with Crippen LogP contribution >= 0.6 is 27.7 Å². The summed E-state index contributed by atoms with van der Waals surface area (Å²) < 4.78 is 1.07. The highest BCUT2D eigenvalue weighted by Crippen LogP contribution is 2.31. The summed E-state index contributed by atoms with van der Waals surface area (Å²) in [4.78, 5) is 2.46. The summed E-state index contributed by atoms with van der Waals surface area (Å²) in [6, 6.07) is 16.5. The van der Waals surface area contributed by atoms with E-state index in [9.17, 15) is 0 Å². The van der Waals surface area contributed by atoms with Gasteiger partial charge in [0.25, 0.3) is 0 Å². The molecule has 0 saturated heterocycles. The minimum Gasteiger partial charge on any atom is -0.326 e. The van der Waals surface area contributed by atoms with Crippen molar-refractivity contribution in [3.8, 4) is 0 Å². The second-order valence-corrected chi connectivity index (χ2v) is 5.40.